The van der Waals surface area contributed by atoms with Crippen molar-refractivity contribution >= 4 is 35.0 Å². The first-order valence-electron chi connectivity index (χ1n) is 7.10. The molecule has 1 aromatic heterocycles. The maximum Gasteiger partial charge on any atom is 0.354 e. The number of nitrogens with two attached hydrogens (primary N) is 1. The monoisotopic (exact) mass is 328 g/mol. The summed E-state index contributed by atoms with van der Waals surface area (Å²) in [7, 11) is 0. The Labute approximate surface area is 140 Å². The van der Waals surface area contributed by atoms with Gasteiger partial charge in [0, 0.05) is 5.39 Å². The van der Waals surface area contributed by atoms with Crippen LogP contribution < -0.4 is 5.73 Å². The molecule has 4 nitrogen and oxygen atoms in total. The van der Waals surface area contributed by atoms with Gasteiger partial charge in [-0.2, -0.15) is 0 Å². The van der Waals surface area contributed by atoms with E-state index in [0.717, 1.165) is 23.8 Å². The number of para-hydroxylation sites is 1. The SMILES string of the molecule is Cl.Nc1cccc2c(CCc3ccccc3)cc(C(=O)O)nc12. The van der Waals surface area contributed by atoms with Crippen LogP contribution in [-0.2, 0) is 12.8 Å². The molecule has 0 atom stereocenters. The molecule has 0 aliphatic heterocycles. The summed E-state index contributed by atoms with van der Waals surface area (Å²) in [6.07, 6.45) is 1.58. The van der Waals surface area contributed by atoms with Crippen molar-refractivity contribution in [1.29, 1.82) is 0 Å². The fraction of sp³-hybridized carbons (Fsp3) is 0.111. The summed E-state index contributed by atoms with van der Waals surface area (Å²) in [6.45, 7) is 0. The predicted octanol–water partition coefficient (Wildman–Crippen LogP) is 3.72. The molecule has 2 aromatic carbocycles. The molecule has 0 aliphatic carbocycles. The number of carbonyl (C=O) groups is 1. The lowest BCUT2D eigenvalue weighted by Crippen LogP contribution is -2.05. The minimum Gasteiger partial charge on any atom is -0.477 e. The average molecular weight is 329 g/mol. The van der Waals surface area contributed by atoms with Gasteiger partial charge in [0.2, 0.25) is 0 Å². The molecule has 0 saturated heterocycles. The van der Waals surface area contributed by atoms with Crippen molar-refractivity contribution in [2.75, 3.05) is 5.73 Å². The molecule has 3 aromatic rings. The van der Waals surface area contributed by atoms with E-state index in [1.807, 2.05) is 30.3 Å². The first-order valence-corrected chi connectivity index (χ1v) is 7.10. The van der Waals surface area contributed by atoms with Gasteiger partial charge >= 0.3 is 5.97 Å². The second-order valence-electron chi connectivity index (χ2n) is 5.20. The van der Waals surface area contributed by atoms with Crippen LogP contribution in [0.4, 0.5) is 5.69 Å². The second kappa shape index (κ2) is 7.11. The highest BCUT2D eigenvalue weighted by Gasteiger charge is 2.12. The summed E-state index contributed by atoms with van der Waals surface area (Å²) in [5.41, 5.74) is 9.22. The Morgan fingerprint density at radius 2 is 1.78 bits per heavy atom. The van der Waals surface area contributed by atoms with Crippen molar-refractivity contribution in [3.05, 3.63) is 71.4 Å². The van der Waals surface area contributed by atoms with Gasteiger partial charge in [0.1, 0.15) is 5.69 Å². The van der Waals surface area contributed by atoms with Crippen LogP contribution in [0.15, 0.2) is 54.6 Å². The molecule has 23 heavy (non-hydrogen) atoms. The van der Waals surface area contributed by atoms with Crippen LogP contribution >= 0.6 is 12.4 Å². The van der Waals surface area contributed by atoms with Gasteiger partial charge in [0.15, 0.2) is 0 Å². The molecule has 0 amide bonds. The topological polar surface area (TPSA) is 76.2 Å². The number of aryl methyl sites for hydroxylation is 2. The van der Waals surface area contributed by atoms with E-state index in [1.54, 1.807) is 12.1 Å². The van der Waals surface area contributed by atoms with Crippen molar-refractivity contribution in [3.63, 3.8) is 0 Å². The number of aromatic nitrogens is 1. The van der Waals surface area contributed by atoms with Crippen LogP contribution in [-0.4, -0.2) is 16.1 Å². The number of nitrogens with zero attached hydrogens (tertiary/aromatic N) is 1. The van der Waals surface area contributed by atoms with Crippen molar-refractivity contribution in [3.8, 4) is 0 Å². The van der Waals surface area contributed by atoms with Crippen LogP contribution in [0.25, 0.3) is 10.9 Å². The third kappa shape index (κ3) is 3.60. The van der Waals surface area contributed by atoms with E-state index in [0.29, 0.717) is 11.2 Å². The number of hydrogen-bond donors (Lipinski definition) is 2. The maximum atomic E-state index is 11.3. The Morgan fingerprint density at radius 1 is 1.04 bits per heavy atom. The lowest BCUT2D eigenvalue weighted by atomic mass is 9.99. The maximum absolute atomic E-state index is 11.3. The third-order valence-electron chi connectivity index (χ3n) is 3.70. The number of carboxylic acid groups (broad SMARTS) is 1. The number of halogens is 1. The molecule has 0 radical (unpaired) electrons. The first-order chi connectivity index (χ1) is 10.6. The zero-order valence-electron chi connectivity index (χ0n) is 12.4. The molecule has 0 unspecified atom stereocenters. The molecule has 3 rings (SSSR count). The molecular weight excluding hydrogens is 312 g/mol. The van der Waals surface area contributed by atoms with E-state index < -0.39 is 5.97 Å². The number of hydrogen-bond acceptors (Lipinski definition) is 3. The zero-order chi connectivity index (χ0) is 15.5. The molecular formula is C18H17ClN2O2. The number of rotatable bonds is 4. The van der Waals surface area contributed by atoms with Gasteiger partial charge < -0.3 is 10.8 Å². The number of carboxylic acids is 1. The Balaban J connectivity index is 0.00000192. The molecule has 0 bridgehead atoms. The molecule has 1 heterocycles. The Morgan fingerprint density at radius 3 is 2.48 bits per heavy atom. The van der Waals surface area contributed by atoms with Crippen LogP contribution in [0.5, 0.6) is 0 Å². The minimum atomic E-state index is -1.04. The molecule has 5 heteroatoms. The summed E-state index contributed by atoms with van der Waals surface area (Å²) in [5.74, 6) is -1.04. The summed E-state index contributed by atoms with van der Waals surface area (Å²) in [4.78, 5) is 15.4. The van der Waals surface area contributed by atoms with Crippen LogP contribution in [0.1, 0.15) is 21.6 Å². The Hall–Kier alpha value is -2.59. The predicted molar refractivity (Wildman–Crippen MR) is 94.2 cm³/mol. The fourth-order valence-electron chi connectivity index (χ4n) is 2.58. The largest absolute Gasteiger partial charge is 0.477 e. The summed E-state index contributed by atoms with van der Waals surface area (Å²) >= 11 is 0. The minimum absolute atomic E-state index is 0. The normalized spacial score (nSPS) is 10.3. The molecule has 0 spiro atoms. The van der Waals surface area contributed by atoms with Gasteiger partial charge in [-0.25, -0.2) is 9.78 Å². The highest BCUT2D eigenvalue weighted by Crippen LogP contribution is 2.24. The van der Waals surface area contributed by atoms with E-state index in [1.165, 1.54) is 5.56 Å². The van der Waals surface area contributed by atoms with Gasteiger partial charge in [-0.15, -0.1) is 12.4 Å². The smallest absolute Gasteiger partial charge is 0.354 e. The Bertz CT molecular complexity index is 835. The summed E-state index contributed by atoms with van der Waals surface area (Å²) in [6, 6.07) is 17.3. The van der Waals surface area contributed by atoms with Gasteiger partial charge in [-0.05, 0) is 36.1 Å². The average Bonchev–Trinajstić information content (AvgIpc) is 2.54. The first kappa shape index (κ1) is 16.8. The number of aromatic carboxylic acids is 1. The molecule has 0 saturated carbocycles. The van der Waals surface area contributed by atoms with Gasteiger partial charge in [-0.3, -0.25) is 0 Å². The number of pyridine rings is 1. The van der Waals surface area contributed by atoms with Crippen molar-refractivity contribution in [2.24, 2.45) is 0 Å². The van der Waals surface area contributed by atoms with Gasteiger partial charge in [0.25, 0.3) is 0 Å². The summed E-state index contributed by atoms with van der Waals surface area (Å²) < 4.78 is 0. The van der Waals surface area contributed by atoms with E-state index >= 15 is 0 Å². The standard InChI is InChI=1S/C18H16N2O2.ClH/c19-15-8-4-7-14-13(10-9-12-5-2-1-3-6-12)11-16(18(21)22)20-17(14)15;/h1-8,11H,9-10,19H2,(H,21,22);1H. The quantitative estimate of drug-likeness (QED) is 0.716. The van der Waals surface area contributed by atoms with Crippen molar-refractivity contribution in [2.45, 2.75) is 12.8 Å². The van der Waals surface area contributed by atoms with Gasteiger partial charge in [0.05, 0.1) is 11.2 Å². The number of nitrogen functional groups attached to an aromatic ring is 1. The molecule has 3 N–H and O–H groups in total. The van der Waals surface area contributed by atoms with E-state index in [9.17, 15) is 9.90 Å². The highest BCUT2D eigenvalue weighted by molar-refractivity contribution is 5.96. The highest BCUT2D eigenvalue weighted by atomic mass is 35.5. The molecule has 118 valence electrons. The zero-order valence-corrected chi connectivity index (χ0v) is 13.2. The van der Waals surface area contributed by atoms with Crippen LogP contribution in [0.2, 0.25) is 0 Å². The van der Waals surface area contributed by atoms with Crippen molar-refractivity contribution < 1.29 is 9.90 Å². The van der Waals surface area contributed by atoms with E-state index in [2.05, 4.69) is 17.1 Å². The summed E-state index contributed by atoms with van der Waals surface area (Å²) in [5, 5.41) is 10.2. The molecule has 0 fully saturated rings. The van der Waals surface area contributed by atoms with Gasteiger partial charge in [-0.1, -0.05) is 42.5 Å². The number of anilines is 1. The lowest BCUT2D eigenvalue weighted by Gasteiger charge is -2.09. The van der Waals surface area contributed by atoms with E-state index in [-0.39, 0.29) is 18.1 Å². The third-order valence-corrected chi connectivity index (χ3v) is 3.70. The van der Waals surface area contributed by atoms with Crippen LogP contribution in [0, 0.1) is 0 Å². The van der Waals surface area contributed by atoms with E-state index in [4.69, 9.17) is 5.73 Å². The lowest BCUT2D eigenvalue weighted by molar-refractivity contribution is 0.0691. The number of fused-ring (bicyclic) bond motifs is 1. The Kier molecular flexibility index (Phi) is 5.19. The fourth-order valence-corrected chi connectivity index (χ4v) is 2.58. The number of benzene rings is 2. The second-order valence-corrected chi connectivity index (χ2v) is 5.20. The van der Waals surface area contributed by atoms with Crippen molar-refractivity contribution in [1.82, 2.24) is 4.98 Å². The van der Waals surface area contributed by atoms with Crippen LogP contribution in [0.3, 0.4) is 0 Å². The molecule has 0 aliphatic rings.